The molecule has 0 N–H and O–H groups in total. The van der Waals surface area contributed by atoms with Gasteiger partial charge in [0.2, 0.25) is 0 Å². The van der Waals surface area contributed by atoms with Gasteiger partial charge in [0.25, 0.3) is 0 Å². The van der Waals surface area contributed by atoms with Gasteiger partial charge in [-0.3, -0.25) is 0 Å². The average Bonchev–Trinajstić information content (AvgIpc) is 3.98. The number of para-hydroxylation sites is 3. The van der Waals surface area contributed by atoms with Gasteiger partial charge in [0, 0.05) is 0 Å². The zero-order valence-electron chi connectivity index (χ0n) is 34.2. The molecule has 4 nitrogen and oxygen atoms in total. The quantitative estimate of drug-likeness (QED) is 0.156. The molecule has 1 aliphatic heterocycles. The van der Waals surface area contributed by atoms with Crippen LogP contribution in [0.25, 0.3) is 88.8 Å². The molecule has 9 aromatic carbocycles. The molecule has 0 bridgehead atoms. The Morgan fingerprint density at radius 3 is 1.51 bits per heavy atom. The van der Waals surface area contributed by atoms with Crippen molar-refractivity contribution in [2.75, 3.05) is 0 Å². The van der Waals surface area contributed by atoms with Gasteiger partial charge in [0.15, 0.2) is 0 Å². The second-order valence-electron chi connectivity index (χ2n) is 16.5. The van der Waals surface area contributed by atoms with E-state index in [1.807, 2.05) is 0 Å². The van der Waals surface area contributed by atoms with Crippen molar-refractivity contribution in [3.63, 3.8) is 0 Å². The van der Waals surface area contributed by atoms with Gasteiger partial charge in [-0.1, -0.05) is 36.4 Å². The molecule has 0 amide bonds. The summed E-state index contributed by atoms with van der Waals surface area (Å²) in [5.74, 6) is 0.748. The first-order valence-corrected chi connectivity index (χ1v) is 25.8. The van der Waals surface area contributed by atoms with Crippen molar-refractivity contribution in [1.82, 2.24) is 19.1 Å². The van der Waals surface area contributed by atoms with Gasteiger partial charge >= 0.3 is 315 Å². The van der Waals surface area contributed by atoms with E-state index in [4.69, 9.17) is 9.97 Å². The van der Waals surface area contributed by atoms with Crippen LogP contribution in [0.15, 0.2) is 231 Å². The molecule has 0 spiro atoms. The summed E-state index contributed by atoms with van der Waals surface area (Å²) in [6, 6.07) is 84.1. The van der Waals surface area contributed by atoms with Crippen molar-refractivity contribution < 1.29 is 0 Å². The van der Waals surface area contributed by atoms with Crippen LogP contribution in [0.3, 0.4) is 0 Å². The van der Waals surface area contributed by atoms with Crippen LogP contribution in [0.4, 0.5) is 0 Å². The van der Waals surface area contributed by atoms with Crippen molar-refractivity contribution in [2.24, 2.45) is 0 Å². The standard InChI is InChI=1S/C58H38GeN4/c1-5-20-39(21-6-1)58-60-56(55-47-32-13-16-33-50(47)59(57(55)61-58,41-23-7-2-8-24-41)42-25-9-3-10-26-42)40-22-19-29-44(36-40)63-52-35-18-15-31-46(52)49-37-48-45-30-14-17-34-51(45)62(53(48)38-54(49)63)43-27-11-4-12-28-43/h1-38H. The van der Waals surface area contributed by atoms with Crippen LogP contribution in [0.5, 0.6) is 0 Å². The van der Waals surface area contributed by atoms with Gasteiger partial charge in [-0.2, -0.15) is 0 Å². The van der Waals surface area contributed by atoms with Crippen LogP contribution in [0.1, 0.15) is 0 Å². The summed E-state index contributed by atoms with van der Waals surface area (Å²) < 4.78 is 10.1. The third-order valence-corrected chi connectivity index (χ3v) is 23.1. The topological polar surface area (TPSA) is 35.6 Å². The van der Waals surface area contributed by atoms with Gasteiger partial charge in [0.1, 0.15) is 0 Å². The fourth-order valence-corrected chi connectivity index (χ4v) is 21.0. The molecule has 0 saturated heterocycles. The van der Waals surface area contributed by atoms with E-state index in [0.717, 1.165) is 45.1 Å². The molecular weight excluding hydrogens is 825 g/mol. The summed E-state index contributed by atoms with van der Waals surface area (Å²) in [6.07, 6.45) is 0. The summed E-state index contributed by atoms with van der Waals surface area (Å²) >= 11 is -3.71. The molecule has 5 heteroatoms. The Morgan fingerprint density at radius 2 is 0.857 bits per heavy atom. The Labute approximate surface area is 367 Å². The van der Waals surface area contributed by atoms with E-state index in [1.165, 1.54) is 61.4 Å². The van der Waals surface area contributed by atoms with E-state index in [0.29, 0.717) is 0 Å². The molecule has 3 aromatic heterocycles. The van der Waals surface area contributed by atoms with Crippen LogP contribution in [0, 0.1) is 0 Å². The predicted octanol–water partition coefficient (Wildman–Crippen LogP) is 11.4. The Bertz CT molecular complexity index is 3690. The molecule has 13 rings (SSSR count). The maximum atomic E-state index is 5.73. The number of hydrogen-bond acceptors (Lipinski definition) is 2. The second kappa shape index (κ2) is 14.1. The van der Waals surface area contributed by atoms with E-state index in [1.54, 1.807) is 0 Å². The summed E-state index contributed by atoms with van der Waals surface area (Å²) in [6.45, 7) is 0. The van der Waals surface area contributed by atoms with Gasteiger partial charge in [-0.25, -0.2) is 0 Å². The first-order chi connectivity index (χ1) is 31.3. The summed E-state index contributed by atoms with van der Waals surface area (Å²) in [5, 5.41) is 4.94. The SMILES string of the molecule is c1ccc(-c2nc(-c3cccc(-n4c5ccccc5c5cc6c7ccccc7n(-c7ccccc7)c6cc54)c3)c3[c](n2)[Ge]([c]2ccccc2)([c]2ccccc2)[c]2ccccc2-3)cc1. The zero-order valence-corrected chi connectivity index (χ0v) is 36.3. The molecule has 0 aliphatic carbocycles. The van der Waals surface area contributed by atoms with Gasteiger partial charge in [-0.15, -0.1) is 0 Å². The fourth-order valence-electron chi connectivity index (χ4n) is 10.6. The van der Waals surface area contributed by atoms with E-state index in [2.05, 4.69) is 240 Å². The molecule has 0 unspecified atom stereocenters. The number of rotatable bonds is 6. The van der Waals surface area contributed by atoms with Crippen molar-refractivity contribution >= 4 is 74.6 Å². The molecule has 1 aliphatic rings. The molecular formula is C58H38GeN4. The third-order valence-electron chi connectivity index (χ3n) is 13.2. The normalized spacial score (nSPS) is 12.9. The third kappa shape index (κ3) is 5.28. The van der Waals surface area contributed by atoms with E-state index >= 15 is 0 Å². The van der Waals surface area contributed by atoms with Gasteiger partial charge < -0.3 is 0 Å². The Balaban J connectivity index is 1.11. The molecule has 12 aromatic rings. The molecule has 63 heavy (non-hydrogen) atoms. The van der Waals surface area contributed by atoms with Crippen molar-refractivity contribution in [3.05, 3.63) is 231 Å². The predicted molar refractivity (Wildman–Crippen MR) is 264 cm³/mol. The minimum absolute atomic E-state index is 0.748. The van der Waals surface area contributed by atoms with E-state index in [-0.39, 0.29) is 0 Å². The van der Waals surface area contributed by atoms with Crippen LogP contribution < -0.4 is 17.7 Å². The summed E-state index contributed by atoms with van der Waals surface area (Å²) in [5.41, 5.74) is 12.3. The fraction of sp³-hybridized carbons (Fsp3) is 0. The molecule has 0 atom stereocenters. The molecule has 0 radical (unpaired) electrons. The Hall–Kier alpha value is -7.80. The van der Waals surface area contributed by atoms with E-state index in [9.17, 15) is 0 Å². The number of fused-ring (bicyclic) bond motifs is 9. The zero-order chi connectivity index (χ0) is 41.5. The monoisotopic (exact) mass is 864 g/mol. The van der Waals surface area contributed by atoms with Gasteiger partial charge in [0.05, 0.1) is 0 Å². The Morgan fingerprint density at radius 1 is 0.349 bits per heavy atom. The molecule has 0 saturated carbocycles. The minimum atomic E-state index is -3.71. The van der Waals surface area contributed by atoms with Crippen molar-refractivity contribution in [3.8, 4) is 45.1 Å². The number of aromatic nitrogens is 4. The maximum absolute atomic E-state index is 5.73. The van der Waals surface area contributed by atoms with Crippen molar-refractivity contribution in [2.45, 2.75) is 0 Å². The molecule has 4 heterocycles. The van der Waals surface area contributed by atoms with Crippen LogP contribution in [-0.2, 0) is 0 Å². The summed E-state index contributed by atoms with van der Waals surface area (Å²) in [4.78, 5) is 11.3. The van der Waals surface area contributed by atoms with Crippen LogP contribution in [0.2, 0.25) is 0 Å². The first kappa shape index (κ1) is 35.9. The number of benzene rings is 9. The van der Waals surface area contributed by atoms with Crippen LogP contribution in [-0.4, -0.2) is 32.4 Å². The van der Waals surface area contributed by atoms with E-state index < -0.39 is 13.3 Å². The molecule has 294 valence electrons. The average molecular weight is 864 g/mol. The first-order valence-electron chi connectivity index (χ1n) is 21.6. The summed E-state index contributed by atoms with van der Waals surface area (Å²) in [7, 11) is 0. The Kier molecular flexibility index (Phi) is 8.05. The van der Waals surface area contributed by atoms with Crippen molar-refractivity contribution in [1.29, 1.82) is 0 Å². The molecule has 0 fully saturated rings. The number of hydrogen-bond donors (Lipinski definition) is 0. The number of nitrogens with zero attached hydrogens (tertiary/aromatic N) is 4. The second-order valence-corrected chi connectivity index (χ2v) is 24.2. The van der Waals surface area contributed by atoms with Crippen LogP contribution >= 0.6 is 0 Å². The van der Waals surface area contributed by atoms with Gasteiger partial charge in [-0.05, 0) is 18.2 Å².